The summed E-state index contributed by atoms with van der Waals surface area (Å²) in [6.45, 7) is 0. The second-order valence-electron chi connectivity index (χ2n) is 2.72. The Kier molecular flexibility index (Phi) is 3.35. The molecule has 0 radical (unpaired) electrons. The summed E-state index contributed by atoms with van der Waals surface area (Å²) >= 11 is 0. The summed E-state index contributed by atoms with van der Waals surface area (Å²) in [4.78, 5) is 24.2. The lowest BCUT2D eigenvalue weighted by molar-refractivity contribution is 0.0599. The number of carbonyl (C=O) groups is 1. The van der Waals surface area contributed by atoms with Gasteiger partial charge in [0.25, 0.3) is 12.0 Å². The third-order valence-electron chi connectivity index (χ3n) is 1.87. The Morgan fingerprint density at radius 1 is 1.62 bits per heavy atom. The number of nitrogens with one attached hydrogen (secondary N) is 1. The second kappa shape index (κ2) is 4.53. The molecule has 1 heterocycles. The van der Waals surface area contributed by atoms with Crippen LogP contribution in [0.3, 0.4) is 0 Å². The van der Waals surface area contributed by atoms with E-state index in [0.717, 1.165) is 13.3 Å². The van der Waals surface area contributed by atoms with Gasteiger partial charge in [-0.1, -0.05) is 0 Å². The average Bonchev–Trinajstić information content (AvgIpc) is 2.26. The summed E-state index contributed by atoms with van der Waals surface area (Å²) in [7, 11) is 1.04. The van der Waals surface area contributed by atoms with Crippen LogP contribution in [0.15, 0.2) is 11.0 Å². The van der Waals surface area contributed by atoms with Crippen molar-refractivity contribution in [2.45, 2.75) is 6.43 Å². The van der Waals surface area contributed by atoms with E-state index in [0.29, 0.717) is 0 Å². The number of hydrogen-bond donors (Lipinski definition) is 1. The predicted octanol–water partition coefficient (Wildman–Crippen LogP) is 0.971. The van der Waals surface area contributed by atoms with Gasteiger partial charge in [0.1, 0.15) is 11.6 Å². The first-order valence-corrected chi connectivity index (χ1v) is 4.05. The van der Waals surface area contributed by atoms with Crippen LogP contribution in [0.2, 0.25) is 0 Å². The van der Waals surface area contributed by atoms with E-state index in [4.69, 9.17) is 5.26 Å². The molecule has 0 unspecified atom stereocenters. The number of nitrogens with zero attached hydrogens (tertiary/aromatic N) is 1. The fourth-order valence-corrected chi connectivity index (χ4v) is 1.15. The van der Waals surface area contributed by atoms with E-state index < -0.39 is 29.1 Å². The van der Waals surface area contributed by atoms with Crippen molar-refractivity contribution in [2.75, 3.05) is 7.11 Å². The molecule has 0 fully saturated rings. The van der Waals surface area contributed by atoms with Crippen molar-refractivity contribution in [1.29, 1.82) is 5.26 Å². The van der Waals surface area contributed by atoms with Gasteiger partial charge in [-0.25, -0.2) is 13.6 Å². The maximum absolute atomic E-state index is 12.5. The van der Waals surface area contributed by atoms with E-state index in [2.05, 4.69) is 4.74 Å². The van der Waals surface area contributed by atoms with Crippen molar-refractivity contribution in [3.8, 4) is 6.07 Å². The molecule has 0 spiro atoms. The van der Waals surface area contributed by atoms with Crippen molar-refractivity contribution >= 4 is 5.97 Å². The highest BCUT2D eigenvalue weighted by molar-refractivity contribution is 5.92. The van der Waals surface area contributed by atoms with E-state index in [1.807, 2.05) is 4.98 Å². The zero-order valence-electron chi connectivity index (χ0n) is 8.08. The molecule has 1 rings (SSSR count). The van der Waals surface area contributed by atoms with Crippen LogP contribution in [0, 0.1) is 11.3 Å². The van der Waals surface area contributed by atoms with E-state index in [9.17, 15) is 18.4 Å². The maximum atomic E-state index is 12.5. The van der Waals surface area contributed by atoms with Crippen LogP contribution in [0.4, 0.5) is 8.78 Å². The smallest absolute Gasteiger partial charge is 0.340 e. The molecule has 0 aliphatic heterocycles. The summed E-state index contributed by atoms with van der Waals surface area (Å²) in [5.74, 6) is -0.963. The monoisotopic (exact) mass is 228 g/mol. The van der Waals surface area contributed by atoms with Crippen LogP contribution < -0.4 is 5.56 Å². The molecule has 5 nitrogen and oxygen atoms in total. The van der Waals surface area contributed by atoms with Gasteiger partial charge in [-0.3, -0.25) is 4.79 Å². The number of rotatable bonds is 2. The Morgan fingerprint density at radius 2 is 2.25 bits per heavy atom. The number of esters is 1. The maximum Gasteiger partial charge on any atom is 0.340 e. The van der Waals surface area contributed by atoms with Crippen molar-refractivity contribution in [3.05, 3.63) is 33.2 Å². The number of alkyl halides is 2. The summed E-state index contributed by atoms with van der Waals surface area (Å²) in [6.07, 6.45) is -2.26. The molecule has 0 atom stereocenters. The molecule has 1 aromatic rings. The molecule has 7 heteroatoms. The minimum absolute atomic E-state index is 0.389. The molecule has 1 N–H and O–H groups in total. The number of hydrogen-bond acceptors (Lipinski definition) is 4. The molecule has 16 heavy (non-hydrogen) atoms. The number of methoxy groups -OCH3 is 1. The first kappa shape index (κ1) is 11.8. The fraction of sp³-hybridized carbons (Fsp3) is 0.222. The van der Waals surface area contributed by atoms with Crippen molar-refractivity contribution < 1.29 is 18.3 Å². The number of H-pyrrole nitrogens is 1. The number of aromatic nitrogens is 1. The van der Waals surface area contributed by atoms with Crippen molar-refractivity contribution in [3.63, 3.8) is 0 Å². The van der Waals surface area contributed by atoms with Crippen LogP contribution in [-0.2, 0) is 4.74 Å². The Morgan fingerprint density at radius 3 is 2.69 bits per heavy atom. The van der Waals surface area contributed by atoms with Crippen molar-refractivity contribution in [2.24, 2.45) is 0 Å². The van der Waals surface area contributed by atoms with Gasteiger partial charge in [0.2, 0.25) is 0 Å². The predicted molar refractivity (Wildman–Crippen MR) is 48.1 cm³/mol. The number of ether oxygens (including phenoxy) is 1. The molecule has 0 aliphatic carbocycles. The molecule has 0 saturated heterocycles. The summed E-state index contributed by atoms with van der Waals surface area (Å²) in [5, 5.41) is 8.67. The van der Waals surface area contributed by atoms with E-state index >= 15 is 0 Å². The largest absolute Gasteiger partial charge is 0.465 e. The standard InChI is InChI=1S/C9H6F2N2O3/c1-16-9(15)5-3-13-8(14)6(7(10)11)4(5)2-12/h3,7H,1H3,(H,13,14). The lowest BCUT2D eigenvalue weighted by atomic mass is 10.1. The summed E-state index contributed by atoms with van der Waals surface area (Å²) in [5.41, 5.74) is -3.17. The van der Waals surface area contributed by atoms with Crippen molar-refractivity contribution in [1.82, 2.24) is 4.98 Å². The fourth-order valence-electron chi connectivity index (χ4n) is 1.15. The molecule has 0 aliphatic rings. The van der Waals surface area contributed by atoms with Gasteiger partial charge in [0.05, 0.1) is 18.2 Å². The molecule has 1 aromatic heterocycles. The third-order valence-corrected chi connectivity index (χ3v) is 1.87. The van der Waals surface area contributed by atoms with E-state index in [-0.39, 0.29) is 5.56 Å². The first-order valence-electron chi connectivity index (χ1n) is 4.05. The highest BCUT2D eigenvalue weighted by Gasteiger charge is 2.24. The van der Waals surface area contributed by atoms with Crippen LogP contribution >= 0.6 is 0 Å². The zero-order chi connectivity index (χ0) is 12.3. The first-order chi connectivity index (χ1) is 7.52. The quantitative estimate of drug-likeness (QED) is 0.764. The molecule has 0 bridgehead atoms. The highest BCUT2D eigenvalue weighted by atomic mass is 19.3. The normalized spacial score (nSPS) is 9.94. The molecular weight excluding hydrogens is 222 g/mol. The summed E-state index contributed by atoms with van der Waals surface area (Å²) in [6, 6.07) is 1.40. The van der Waals surface area contributed by atoms with Gasteiger partial charge < -0.3 is 9.72 Å². The Labute approximate surface area is 88.3 Å². The van der Waals surface area contributed by atoms with E-state index in [1.54, 1.807) is 0 Å². The van der Waals surface area contributed by atoms with Gasteiger partial charge in [-0.2, -0.15) is 5.26 Å². The van der Waals surface area contributed by atoms with Crippen LogP contribution in [0.5, 0.6) is 0 Å². The molecular formula is C9H6F2N2O3. The van der Waals surface area contributed by atoms with Gasteiger partial charge in [-0.05, 0) is 0 Å². The SMILES string of the molecule is COC(=O)c1c[nH]c(=O)c(C(F)F)c1C#N. The lowest BCUT2D eigenvalue weighted by Crippen LogP contribution is -2.19. The molecule has 84 valence electrons. The Hall–Kier alpha value is -2.23. The number of nitriles is 1. The molecule has 0 saturated carbocycles. The van der Waals surface area contributed by atoms with Gasteiger partial charge in [0, 0.05) is 6.20 Å². The number of carbonyl (C=O) groups excluding carboxylic acids is 1. The van der Waals surface area contributed by atoms with E-state index in [1.165, 1.54) is 6.07 Å². The second-order valence-corrected chi connectivity index (χ2v) is 2.72. The van der Waals surface area contributed by atoms with Crippen LogP contribution in [0.1, 0.15) is 27.9 Å². The van der Waals surface area contributed by atoms with Gasteiger partial charge in [-0.15, -0.1) is 0 Å². The molecule has 0 amide bonds. The minimum atomic E-state index is -3.14. The third kappa shape index (κ3) is 1.91. The number of pyridine rings is 1. The van der Waals surface area contributed by atoms with Crippen LogP contribution in [-0.4, -0.2) is 18.1 Å². The van der Waals surface area contributed by atoms with Gasteiger partial charge >= 0.3 is 5.97 Å². The molecule has 0 aromatic carbocycles. The number of aromatic amines is 1. The topological polar surface area (TPSA) is 83.0 Å². The zero-order valence-corrected chi connectivity index (χ0v) is 8.08. The lowest BCUT2D eigenvalue weighted by Gasteiger charge is -2.05. The van der Waals surface area contributed by atoms with Gasteiger partial charge in [0.15, 0.2) is 0 Å². The average molecular weight is 228 g/mol. The minimum Gasteiger partial charge on any atom is -0.465 e. The number of halogens is 2. The summed E-state index contributed by atoms with van der Waals surface area (Å²) < 4.78 is 29.3. The Bertz CT molecular complexity index is 516. The highest BCUT2D eigenvalue weighted by Crippen LogP contribution is 2.21. The van der Waals surface area contributed by atoms with Crippen LogP contribution in [0.25, 0.3) is 0 Å². The Balaban J connectivity index is 3.57.